The molecule has 0 saturated carbocycles. The predicted molar refractivity (Wildman–Crippen MR) is 71.8 cm³/mol. The Morgan fingerprint density at radius 3 is 2.62 bits per heavy atom. The average molecular weight is 284 g/mol. The number of hydrogen-bond donors (Lipinski definition) is 1. The molecule has 1 amide bonds. The van der Waals surface area contributed by atoms with E-state index in [1.54, 1.807) is 0 Å². The molecule has 0 saturated heterocycles. The van der Waals surface area contributed by atoms with E-state index in [4.69, 9.17) is 0 Å². The van der Waals surface area contributed by atoms with Crippen molar-refractivity contribution in [1.82, 2.24) is 0 Å². The highest BCUT2D eigenvalue weighted by molar-refractivity contribution is 9.10. The van der Waals surface area contributed by atoms with Crippen molar-refractivity contribution in [3.63, 3.8) is 0 Å². The van der Waals surface area contributed by atoms with Crippen molar-refractivity contribution in [1.29, 1.82) is 0 Å². The minimum atomic E-state index is 0.0997. The monoisotopic (exact) mass is 283 g/mol. The van der Waals surface area contributed by atoms with Crippen LogP contribution in [0.3, 0.4) is 0 Å². The van der Waals surface area contributed by atoms with Crippen molar-refractivity contribution in [3.05, 3.63) is 27.7 Å². The molecule has 0 unspecified atom stereocenters. The maximum atomic E-state index is 11.6. The lowest BCUT2D eigenvalue weighted by atomic mass is 10.1. The molecule has 0 aromatic heterocycles. The number of nitrogens with one attached hydrogen (secondary N) is 1. The summed E-state index contributed by atoms with van der Waals surface area (Å²) in [5.41, 5.74) is 3.26. The van der Waals surface area contributed by atoms with Crippen molar-refractivity contribution in [2.45, 2.75) is 40.0 Å². The zero-order valence-electron chi connectivity index (χ0n) is 10.1. The summed E-state index contributed by atoms with van der Waals surface area (Å²) >= 11 is 3.47. The molecule has 16 heavy (non-hydrogen) atoms. The van der Waals surface area contributed by atoms with Crippen LogP contribution >= 0.6 is 15.9 Å². The molecule has 0 bridgehead atoms. The van der Waals surface area contributed by atoms with Gasteiger partial charge in [-0.05, 0) is 43.0 Å². The maximum Gasteiger partial charge on any atom is 0.224 e. The lowest BCUT2D eigenvalue weighted by Crippen LogP contribution is -2.13. The van der Waals surface area contributed by atoms with Crippen LogP contribution in [0.25, 0.3) is 0 Å². The lowest BCUT2D eigenvalue weighted by Gasteiger charge is -2.13. The molecular weight excluding hydrogens is 266 g/mol. The molecule has 1 aromatic carbocycles. The number of hydrogen-bond acceptors (Lipinski definition) is 1. The van der Waals surface area contributed by atoms with Crippen LogP contribution in [-0.2, 0) is 11.2 Å². The molecule has 0 aliphatic heterocycles. The predicted octanol–water partition coefficient (Wildman–Crippen LogP) is 4.06. The lowest BCUT2D eigenvalue weighted by molar-refractivity contribution is -0.116. The minimum Gasteiger partial charge on any atom is -0.326 e. The standard InChI is InChI=1S/C13H18BrNO/c1-4-6-12(16)15-13-9(3)7-11(14)8-10(13)5-2/h7-8H,4-6H2,1-3H3,(H,15,16). The Morgan fingerprint density at radius 2 is 2.06 bits per heavy atom. The van der Waals surface area contributed by atoms with Crippen LogP contribution in [0.15, 0.2) is 16.6 Å². The Bertz CT molecular complexity index is 388. The van der Waals surface area contributed by atoms with Crippen molar-refractivity contribution < 1.29 is 4.79 Å². The highest BCUT2D eigenvalue weighted by atomic mass is 79.9. The van der Waals surface area contributed by atoms with Gasteiger partial charge in [0.05, 0.1) is 0 Å². The van der Waals surface area contributed by atoms with Crippen LogP contribution in [0, 0.1) is 6.92 Å². The van der Waals surface area contributed by atoms with Crippen molar-refractivity contribution in [2.75, 3.05) is 5.32 Å². The summed E-state index contributed by atoms with van der Waals surface area (Å²) in [5, 5.41) is 3.00. The SMILES string of the molecule is CCCC(=O)Nc1c(C)cc(Br)cc1CC. The molecule has 88 valence electrons. The molecule has 1 aromatic rings. The van der Waals surface area contributed by atoms with E-state index in [2.05, 4.69) is 34.2 Å². The number of rotatable bonds is 4. The molecule has 3 heteroatoms. The first-order valence-corrected chi connectivity index (χ1v) is 6.46. The fourth-order valence-electron chi connectivity index (χ4n) is 1.70. The van der Waals surface area contributed by atoms with Crippen LogP contribution < -0.4 is 5.32 Å². The normalized spacial score (nSPS) is 10.2. The van der Waals surface area contributed by atoms with Gasteiger partial charge in [-0.3, -0.25) is 4.79 Å². The Hall–Kier alpha value is -0.830. The molecule has 0 heterocycles. The summed E-state index contributed by atoms with van der Waals surface area (Å²) in [6.07, 6.45) is 2.38. The molecule has 0 atom stereocenters. The van der Waals surface area contributed by atoms with Gasteiger partial charge >= 0.3 is 0 Å². The van der Waals surface area contributed by atoms with Crippen LogP contribution in [0.2, 0.25) is 0 Å². The summed E-state index contributed by atoms with van der Waals surface area (Å²) in [6, 6.07) is 4.09. The summed E-state index contributed by atoms with van der Waals surface area (Å²) in [5.74, 6) is 0.0997. The number of benzene rings is 1. The summed E-state index contributed by atoms with van der Waals surface area (Å²) < 4.78 is 1.07. The number of anilines is 1. The zero-order chi connectivity index (χ0) is 12.1. The van der Waals surface area contributed by atoms with Gasteiger partial charge in [-0.2, -0.15) is 0 Å². The van der Waals surface area contributed by atoms with E-state index in [0.717, 1.165) is 28.6 Å². The number of halogens is 1. The summed E-state index contributed by atoms with van der Waals surface area (Å²) in [4.78, 5) is 11.6. The van der Waals surface area contributed by atoms with E-state index in [1.807, 2.05) is 19.9 Å². The molecule has 1 rings (SSSR count). The van der Waals surface area contributed by atoms with Gasteiger partial charge in [-0.25, -0.2) is 0 Å². The van der Waals surface area contributed by atoms with Crippen molar-refractivity contribution >= 4 is 27.5 Å². The third-order valence-corrected chi connectivity index (χ3v) is 2.96. The second-order valence-electron chi connectivity index (χ2n) is 3.91. The number of amides is 1. The van der Waals surface area contributed by atoms with E-state index < -0.39 is 0 Å². The Kier molecular flexibility index (Phi) is 5.00. The zero-order valence-corrected chi connectivity index (χ0v) is 11.6. The van der Waals surface area contributed by atoms with Gasteiger partial charge in [0.1, 0.15) is 0 Å². The van der Waals surface area contributed by atoms with Crippen LogP contribution in [-0.4, -0.2) is 5.91 Å². The maximum absolute atomic E-state index is 11.6. The minimum absolute atomic E-state index is 0.0997. The molecular formula is C13H18BrNO. The Balaban J connectivity index is 2.98. The van der Waals surface area contributed by atoms with E-state index in [0.29, 0.717) is 6.42 Å². The average Bonchev–Trinajstić information content (AvgIpc) is 2.22. The van der Waals surface area contributed by atoms with Gasteiger partial charge in [0.15, 0.2) is 0 Å². The van der Waals surface area contributed by atoms with E-state index >= 15 is 0 Å². The van der Waals surface area contributed by atoms with Gasteiger partial charge in [-0.1, -0.05) is 29.8 Å². The summed E-state index contributed by atoms with van der Waals surface area (Å²) in [6.45, 7) is 6.12. The van der Waals surface area contributed by atoms with Crippen molar-refractivity contribution in [2.24, 2.45) is 0 Å². The number of carbonyl (C=O) groups excluding carboxylic acids is 1. The van der Waals surface area contributed by atoms with Crippen molar-refractivity contribution in [3.8, 4) is 0 Å². The van der Waals surface area contributed by atoms with Crippen LogP contribution in [0.1, 0.15) is 37.8 Å². The third kappa shape index (κ3) is 3.34. The largest absolute Gasteiger partial charge is 0.326 e. The third-order valence-electron chi connectivity index (χ3n) is 2.50. The highest BCUT2D eigenvalue weighted by Gasteiger charge is 2.09. The first-order chi connectivity index (χ1) is 7.58. The molecule has 0 fully saturated rings. The van der Waals surface area contributed by atoms with E-state index in [-0.39, 0.29) is 5.91 Å². The molecule has 0 aliphatic carbocycles. The fraction of sp³-hybridized carbons (Fsp3) is 0.462. The second kappa shape index (κ2) is 6.04. The van der Waals surface area contributed by atoms with E-state index in [9.17, 15) is 4.79 Å². The quantitative estimate of drug-likeness (QED) is 0.887. The first kappa shape index (κ1) is 13.2. The van der Waals surface area contributed by atoms with Gasteiger partial charge in [-0.15, -0.1) is 0 Å². The van der Waals surface area contributed by atoms with E-state index in [1.165, 1.54) is 5.56 Å². The smallest absolute Gasteiger partial charge is 0.224 e. The molecule has 2 nitrogen and oxygen atoms in total. The Morgan fingerprint density at radius 1 is 1.38 bits per heavy atom. The summed E-state index contributed by atoms with van der Waals surface area (Å²) in [7, 11) is 0. The number of carbonyl (C=O) groups is 1. The van der Waals surface area contributed by atoms with Gasteiger partial charge in [0, 0.05) is 16.6 Å². The molecule has 0 aliphatic rings. The van der Waals surface area contributed by atoms with Crippen LogP contribution in [0.4, 0.5) is 5.69 Å². The van der Waals surface area contributed by atoms with Gasteiger partial charge in [0.25, 0.3) is 0 Å². The Labute approximate surface area is 106 Å². The number of aryl methyl sites for hydroxylation is 2. The highest BCUT2D eigenvalue weighted by Crippen LogP contribution is 2.26. The molecule has 0 spiro atoms. The molecule has 1 N–H and O–H groups in total. The van der Waals surface area contributed by atoms with Crippen LogP contribution in [0.5, 0.6) is 0 Å². The first-order valence-electron chi connectivity index (χ1n) is 5.67. The van der Waals surface area contributed by atoms with Gasteiger partial charge < -0.3 is 5.32 Å². The molecule has 0 radical (unpaired) electrons. The van der Waals surface area contributed by atoms with Gasteiger partial charge in [0.2, 0.25) is 5.91 Å². The topological polar surface area (TPSA) is 29.1 Å². The second-order valence-corrected chi connectivity index (χ2v) is 4.82. The fourth-order valence-corrected chi connectivity index (χ4v) is 2.32.